The molecular formula is C16H21N3O3. The number of rotatable bonds is 8. The van der Waals surface area contributed by atoms with Crippen molar-refractivity contribution in [2.45, 2.75) is 19.3 Å². The van der Waals surface area contributed by atoms with Gasteiger partial charge in [0.1, 0.15) is 5.82 Å². The van der Waals surface area contributed by atoms with Gasteiger partial charge in [0.15, 0.2) is 0 Å². The second-order valence-electron chi connectivity index (χ2n) is 5.23. The number of hydrogen-bond acceptors (Lipinski definition) is 5. The molecule has 6 nitrogen and oxygen atoms in total. The van der Waals surface area contributed by atoms with E-state index in [0.717, 1.165) is 18.3 Å². The standard InChI is InChI=1S/C16H21N3O3/c1-22-15(20)4-2-3-9-17-16(21)13-7-8-14(19-11-13)18-10-12-5-6-12/h2,4,7-8,11-12H,3,5-6,9-10H2,1H3,(H,17,21)(H,18,19)/b4-2+. The number of pyridine rings is 1. The smallest absolute Gasteiger partial charge is 0.330 e. The molecule has 0 bridgehead atoms. The molecule has 2 rings (SSSR count). The van der Waals surface area contributed by atoms with E-state index in [1.165, 1.54) is 26.0 Å². The van der Waals surface area contributed by atoms with Crippen LogP contribution in [0, 0.1) is 5.92 Å². The van der Waals surface area contributed by atoms with Crippen molar-refractivity contribution in [3.05, 3.63) is 36.0 Å². The second kappa shape index (κ2) is 8.17. The van der Waals surface area contributed by atoms with Gasteiger partial charge in [-0.3, -0.25) is 4.79 Å². The molecule has 1 aromatic rings. The average Bonchev–Trinajstić information content (AvgIpc) is 3.37. The lowest BCUT2D eigenvalue weighted by Gasteiger charge is -2.06. The van der Waals surface area contributed by atoms with Gasteiger partial charge in [-0.05, 0) is 37.3 Å². The van der Waals surface area contributed by atoms with E-state index in [1.807, 2.05) is 6.07 Å². The average molecular weight is 303 g/mol. The number of carbonyl (C=O) groups excluding carboxylic acids is 2. The zero-order valence-electron chi connectivity index (χ0n) is 12.7. The van der Waals surface area contributed by atoms with Crippen LogP contribution < -0.4 is 10.6 Å². The number of esters is 1. The van der Waals surface area contributed by atoms with Crippen molar-refractivity contribution in [2.75, 3.05) is 25.5 Å². The molecule has 0 atom stereocenters. The van der Waals surface area contributed by atoms with Crippen LogP contribution in [0.2, 0.25) is 0 Å². The summed E-state index contributed by atoms with van der Waals surface area (Å²) in [7, 11) is 1.32. The number of anilines is 1. The normalized spacial score (nSPS) is 13.9. The number of methoxy groups -OCH3 is 1. The predicted molar refractivity (Wildman–Crippen MR) is 83.6 cm³/mol. The Kier molecular flexibility index (Phi) is 5.94. The first-order valence-electron chi connectivity index (χ1n) is 7.41. The molecule has 0 spiro atoms. The van der Waals surface area contributed by atoms with Crippen molar-refractivity contribution in [3.8, 4) is 0 Å². The summed E-state index contributed by atoms with van der Waals surface area (Å²) in [6.45, 7) is 1.40. The monoisotopic (exact) mass is 303 g/mol. The van der Waals surface area contributed by atoms with Crippen LogP contribution in [0.25, 0.3) is 0 Å². The van der Waals surface area contributed by atoms with Crippen molar-refractivity contribution in [1.82, 2.24) is 10.3 Å². The Morgan fingerprint density at radius 2 is 2.23 bits per heavy atom. The first-order chi connectivity index (χ1) is 10.7. The van der Waals surface area contributed by atoms with E-state index in [2.05, 4.69) is 20.4 Å². The van der Waals surface area contributed by atoms with Crippen molar-refractivity contribution in [3.63, 3.8) is 0 Å². The maximum absolute atomic E-state index is 11.9. The van der Waals surface area contributed by atoms with Gasteiger partial charge < -0.3 is 15.4 Å². The first-order valence-corrected chi connectivity index (χ1v) is 7.41. The maximum atomic E-state index is 11.9. The van der Waals surface area contributed by atoms with E-state index in [1.54, 1.807) is 18.3 Å². The third kappa shape index (κ3) is 5.55. The van der Waals surface area contributed by atoms with Crippen molar-refractivity contribution < 1.29 is 14.3 Å². The number of hydrogen-bond donors (Lipinski definition) is 2. The largest absolute Gasteiger partial charge is 0.466 e. The van der Waals surface area contributed by atoms with E-state index >= 15 is 0 Å². The van der Waals surface area contributed by atoms with Gasteiger partial charge >= 0.3 is 5.97 Å². The molecule has 1 amide bonds. The molecule has 0 aromatic carbocycles. The quantitative estimate of drug-likeness (QED) is 0.434. The van der Waals surface area contributed by atoms with Gasteiger partial charge in [0.05, 0.1) is 12.7 Å². The molecule has 1 fully saturated rings. The minimum absolute atomic E-state index is 0.173. The highest BCUT2D eigenvalue weighted by Crippen LogP contribution is 2.28. The number of amides is 1. The molecular weight excluding hydrogens is 282 g/mol. The number of aromatic nitrogens is 1. The Morgan fingerprint density at radius 1 is 1.41 bits per heavy atom. The zero-order valence-corrected chi connectivity index (χ0v) is 12.7. The van der Waals surface area contributed by atoms with Crippen LogP contribution >= 0.6 is 0 Å². The first kappa shape index (κ1) is 16.0. The third-order valence-corrected chi connectivity index (χ3v) is 3.35. The van der Waals surface area contributed by atoms with Crippen LogP contribution in [-0.4, -0.2) is 37.1 Å². The van der Waals surface area contributed by atoms with Crippen molar-refractivity contribution in [1.29, 1.82) is 0 Å². The molecule has 0 unspecified atom stereocenters. The number of nitrogens with zero attached hydrogens (tertiary/aromatic N) is 1. The van der Waals surface area contributed by atoms with Gasteiger partial charge in [0.2, 0.25) is 0 Å². The van der Waals surface area contributed by atoms with Crippen LogP contribution in [0.3, 0.4) is 0 Å². The molecule has 0 saturated heterocycles. The Hall–Kier alpha value is -2.37. The lowest BCUT2D eigenvalue weighted by molar-refractivity contribution is -0.134. The third-order valence-electron chi connectivity index (χ3n) is 3.35. The summed E-state index contributed by atoms with van der Waals surface area (Å²) in [5, 5.41) is 6.02. The summed E-state index contributed by atoms with van der Waals surface area (Å²) in [5.41, 5.74) is 0.522. The Balaban J connectivity index is 1.70. The molecule has 1 aromatic heterocycles. The molecule has 0 aliphatic heterocycles. The number of nitrogens with one attached hydrogen (secondary N) is 2. The minimum atomic E-state index is -0.398. The van der Waals surface area contributed by atoms with Gasteiger partial charge in [-0.25, -0.2) is 9.78 Å². The number of ether oxygens (including phenoxy) is 1. The van der Waals surface area contributed by atoms with E-state index in [9.17, 15) is 9.59 Å². The van der Waals surface area contributed by atoms with Crippen molar-refractivity contribution >= 4 is 17.7 Å². The Bertz CT molecular complexity index is 536. The van der Waals surface area contributed by atoms with Gasteiger partial charge in [0, 0.05) is 25.4 Å². The SMILES string of the molecule is COC(=O)/C=C/CCNC(=O)c1ccc(NCC2CC2)nc1. The molecule has 1 heterocycles. The highest BCUT2D eigenvalue weighted by molar-refractivity contribution is 5.94. The molecule has 118 valence electrons. The lowest BCUT2D eigenvalue weighted by Crippen LogP contribution is -2.24. The van der Waals surface area contributed by atoms with E-state index < -0.39 is 5.97 Å². The molecule has 6 heteroatoms. The van der Waals surface area contributed by atoms with Crippen LogP contribution in [0.1, 0.15) is 29.6 Å². The molecule has 22 heavy (non-hydrogen) atoms. The van der Waals surface area contributed by atoms with Gasteiger partial charge in [-0.1, -0.05) is 6.08 Å². The fourth-order valence-electron chi connectivity index (χ4n) is 1.82. The highest BCUT2D eigenvalue weighted by atomic mass is 16.5. The highest BCUT2D eigenvalue weighted by Gasteiger charge is 2.20. The molecule has 1 saturated carbocycles. The zero-order chi connectivity index (χ0) is 15.8. The topological polar surface area (TPSA) is 80.3 Å². The van der Waals surface area contributed by atoms with Gasteiger partial charge in [0.25, 0.3) is 5.91 Å². The fourth-order valence-corrected chi connectivity index (χ4v) is 1.82. The van der Waals surface area contributed by atoms with E-state index in [0.29, 0.717) is 18.5 Å². The lowest BCUT2D eigenvalue weighted by atomic mass is 10.2. The summed E-state index contributed by atoms with van der Waals surface area (Å²) in [6, 6.07) is 3.57. The predicted octanol–water partition coefficient (Wildman–Crippen LogP) is 1.75. The molecule has 1 aliphatic rings. The summed E-state index contributed by atoms with van der Waals surface area (Å²) in [6.07, 6.45) is 7.71. The van der Waals surface area contributed by atoms with Crippen LogP contribution in [0.4, 0.5) is 5.82 Å². The molecule has 2 N–H and O–H groups in total. The summed E-state index contributed by atoms with van der Waals surface area (Å²) < 4.78 is 4.47. The van der Waals surface area contributed by atoms with Crippen LogP contribution in [0.15, 0.2) is 30.5 Å². The van der Waals surface area contributed by atoms with Crippen LogP contribution in [-0.2, 0) is 9.53 Å². The molecule has 0 radical (unpaired) electrons. The summed E-state index contributed by atoms with van der Waals surface area (Å²) in [4.78, 5) is 27.0. The maximum Gasteiger partial charge on any atom is 0.330 e. The van der Waals surface area contributed by atoms with E-state index in [4.69, 9.17) is 0 Å². The molecule has 1 aliphatic carbocycles. The van der Waals surface area contributed by atoms with Gasteiger partial charge in [-0.15, -0.1) is 0 Å². The summed E-state index contributed by atoms with van der Waals surface area (Å²) in [5.74, 6) is 1.00. The number of carbonyl (C=O) groups is 2. The minimum Gasteiger partial charge on any atom is -0.466 e. The second-order valence-corrected chi connectivity index (χ2v) is 5.23. The van der Waals surface area contributed by atoms with Crippen molar-refractivity contribution in [2.24, 2.45) is 5.92 Å². The fraction of sp³-hybridized carbons (Fsp3) is 0.438. The van der Waals surface area contributed by atoms with Crippen LogP contribution in [0.5, 0.6) is 0 Å². The van der Waals surface area contributed by atoms with Gasteiger partial charge in [-0.2, -0.15) is 0 Å². The van der Waals surface area contributed by atoms with E-state index in [-0.39, 0.29) is 5.91 Å². The Labute approximate surface area is 130 Å². The summed E-state index contributed by atoms with van der Waals surface area (Å²) >= 11 is 0. The Morgan fingerprint density at radius 3 is 2.86 bits per heavy atom.